The zero-order chi connectivity index (χ0) is 27.5. The molecule has 0 unspecified atom stereocenters. The van der Waals surface area contributed by atoms with Crippen LogP contribution in [0.4, 0.5) is 0 Å². The van der Waals surface area contributed by atoms with E-state index in [9.17, 15) is 19.8 Å². The van der Waals surface area contributed by atoms with Gasteiger partial charge in [-0.2, -0.15) is 0 Å². The predicted octanol–water partition coefficient (Wildman–Crippen LogP) is 2.18. The maximum atomic E-state index is 13.5. The molecule has 0 spiro atoms. The number of methoxy groups -OCH3 is 2. The van der Waals surface area contributed by atoms with Crippen LogP contribution in [0.1, 0.15) is 54.6 Å². The number of aryl methyl sites for hydroxylation is 2. The zero-order valence-electron chi connectivity index (χ0n) is 23.3. The predicted molar refractivity (Wildman–Crippen MR) is 142 cm³/mol. The van der Waals surface area contributed by atoms with E-state index in [2.05, 4.69) is 0 Å². The fraction of sp³-hybridized carbons (Fsp3) is 0.714. The largest absolute Gasteiger partial charge is 0.388 e. The van der Waals surface area contributed by atoms with Gasteiger partial charge in [-0.05, 0) is 62.3 Å². The van der Waals surface area contributed by atoms with Gasteiger partial charge in [0.05, 0.1) is 12.6 Å². The molecule has 9 nitrogen and oxygen atoms in total. The summed E-state index contributed by atoms with van der Waals surface area (Å²) >= 11 is 0. The van der Waals surface area contributed by atoms with Crippen LogP contribution >= 0.6 is 0 Å². The highest BCUT2D eigenvalue weighted by Gasteiger charge is 2.39. The van der Waals surface area contributed by atoms with E-state index in [0.29, 0.717) is 44.5 Å². The molecule has 1 fully saturated rings. The van der Waals surface area contributed by atoms with E-state index >= 15 is 0 Å². The van der Waals surface area contributed by atoms with E-state index in [-0.39, 0.29) is 37.5 Å². The van der Waals surface area contributed by atoms with Crippen molar-refractivity contribution in [2.75, 3.05) is 53.7 Å². The molecule has 1 heterocycles. The number of hydrogen-bond donors (Lipinski definition) is 2. The molecule has 2 amide bonds. The SMILES string of the molecule is COCC(=O)N1CCN(C(=O)c2ccc(C)c(C)c2)CCCCOC[C@H](O)[C@H](O)[C@@H](OC)[C@@H]1CC(C)C. The highest BCUT2D eigenvalue weighted by atomic mass is 16.5. The molecule has 0 radical (unpaired) electrons. The number of carbonyl (C=O) groups is 2. The molecule has 9 heteroatoms. The highest BCUT2D eigenvalue weighted by molar-refractivity contribution is 5.94. The summed E-state index contributed by atoms with van der Waals surface area (Å²) in [6, 6.07) is 5.15. The summed E-state index contributed by atoms with van der Waals surface area (Å²) in [7, 11) is 2.92. The first kappa shape index (κ1) is 31.2. The van der Waals surface area contributed by atoms with Crippen LogP contribution < -0.4 is 0 Å². The molecule has 1 aliphatic heterocycles. The summed E-state index contributed by atoms with van der Waals surface area (Å²) in [4.78, 5) is 30.3. The molecule has 2 rings (SSSR count). The second-order valence-corrected chi connectivity index (χ2v) is 10.3. The van der Waals surface area contributed by atoms with Gasteiger partial charge in [0, 0.05) is 46.0 Å². The van der Waals surface area contributed by atoms with Crippen molar-refractivity contribution in [2.24, 2.45) is 5.92 Å². The van der Waals surface area contributed by atoms with Crippen LogP contribution in [0.15, 0.2) is 18.2 Å². The first-order valence-electron chi connectivity index (χ1n) is 13.2. The third kappa shape index (κ3) is 9.04. The fourth-order valence-electron chi connectivity index (χ4n) is 4.76. The van der Waals surface area contributed by atoms with Crippen LogP contribution in [0.25, 0.3) is 0 Å². The van der Waals surface area contributed by atoms with Crippen molar-refractivity contribution in [3.05, 3.63) is 34.9 Å². The van der Waals surface area contributed by atoms with E-state index in [1.165, 1.54) is 14.2 Å². The van der Waals surface area contributed by atoms with Crippen LogP contribution in [0.2, 0.25) is 0 Å². The number of ether oxygens (including phenoxy) is 3. The topological polar surface area (TPSA) is 109 Å². The Morgan fingerprint density at radius 3 is 2.43 bits per heavy atom. The number of aliphatic hydroxyl groups excluding tert-OH is 2. The van der Waals surface area contributed by atoms with Gasteiger partial charge in [0.15, 0.2) is 0 Å². The Balaban J connectivity index is 2.44. The number of hydrogen-bond acceptors (Lipinski definition) is 7. The molecule has 0 saturated carbocycles. The summed E-state index contributed by atoms with van der Waals surface area (Å²) in [6.07, 6.45) is -1.35. The quantitative estimate of drug-likeness (QED) is 0.590. The lowest BCUT2D eigenvalue weighted by Gasteiger charge is -2.41. The van der Waals surface area contributed by atoms with E-state index < -0.39 is 24.4 Å². The van der Waals surface area contributed by atoms with Crippen LogP contribution in [0.3, 0.4) is 0 Å². The van der Waals surface area contributed by atoms with Crippen LogP contribution in [-0.2, 0) is 19.0 Å². The lowest BCUT2D eigenvalue weighted by atomic mass is 9.92. The Morgan fingerprint density at radius 2 is 1.81 bits per heavy atom. The second kappa shape index (κ2) is 15.4. The normalized spacial score (nSPS) is 24.7. The van der Waals surface area contributed by atoms with Gasteiger partial charge < -0.3 is 34.2 Å². The summed E-state index contributed by atoms with van der Waals surface area (Å²) < 4.78 is 16.5. The van der Waals surface area contributed by atoms with Crippen molar-refractivity contribution in [1.82, 2.24) is 9.80 Å². The molecule has 4 atom stereocenters. The summed E-state index contributed by atoms with van der Waals surface area (Å²) in [5.41, 5.74) is 2.78. The van der Waals surface area contributed by atoms with Crippen molar-refractivity contribution >= 4 is 11.8 Å². The van der Waals surface area contributed by atoms with Crippen LogP contribution in [0.5, 0.6) is 0 Å². The number of benzene rings is 1. The van der Waals surface area contributed by atoms with Gasteiger partial charge in [-0.15, -0.1) is 0 Å². The third-order valence-electron chi connectivity index (χ3n) is 6.99. The highest BCUT2D eigenvalue weighted by Crippen LogP contribution is 2.23. The van der Waals surface area contributed by atoms with Gasteiger partial charge in [-0.25, -0.2) is 0 Å². The van der Waals surface area contributed by atoms with Crippen molar-refractivity contribution in [3.63, 3.8) is 0 Å². The van der Waals surface area contributed by atoms with Crippen LogP contribution in [-0.4, -0.2) is 110 Å². The summed E-state index contributed by atoms with van der Waals surface area (Å²) in [5, 5.41) is 21.6. The number of amides is 2. The van der Waals surface area contributed by atoms with E-state index in [4.69, 9.17) is 14.2 Å². The Kier molecular flexibility index (Phi) is 13.0. The first-order chi connectivity index (χ1) is 17.6. The molecular weight excluding hydrogens is 476 g/mol. The van der Waals surface area contributed by atoms with E-state index in [1.54, 1.807) is 9.80 Å². The summed E-state index contributed by atoms with van der Waals surface area (Å²) in [5.74, 6) is -0.179. The monoisotopic (exact) mass is 522 g/mol. The van der Waals surface area contributed by atoms with Crippen LogP contribution in [0, 0.1) is 19.8 Å². The molecule has 1 aliphatic rings. The van der Waals surface area contributed by atoms with Crippen molar-refractivity contribution in [1.29, 1.82) is 0 Å². The first-order valence-corrected chi connectivity index (χ1v) is 13.2. The van der Waals surface area contributed by atoms with Crippen molar-refractivity contribution in [3.8, 4) is 0 Å². The Morgan fingerprint density at radius 1 is 1.08 bits per heavy atom. The third-order valence-corrected chi connectivity index (χ3v) is 6.99. The maximum absolute atomic E-state index is 13.5. The molecule has 0 bridgehead atoms. The minimum atomic E-state index is -1.26. The number of aliphatic hydroxyl groups is 2. The van der Waals surface area contributed by atoms with Gasteiger partial charge in [0.1, 0.15) is 24.9 Å². The molecule has 0 aromatic heterocycles. The smallest absolute Gasteiger partial charge is 0.253 e. The fourth-order valence-corrected chi connectivity index (χ4v) is 4.76. The second-order valence-electron chi connectivity index (χ2n) is 10.3. The molecule has 210 valence electrons. The van der Waals surface area contributed by atoms with Crippen molar-refractivity contribution in [2.45, 2.75) is 71.3 Å². The summed E-state index contributed by atoms with van der Waals surface area (Å²) in [6.45, 7) is 9.33. The molecular formula is C28H46N2O7. The maximum Gasteiger partial charge on any atom is 0.253 e. The van der Waals surface area contributed by atoms with E-state index in [1.807, 2.05) is 45.9 Å². The molecule has 1 saturated heterocycles. The van der Waals surface area contributed by atoms with Gasteiger partial charge in [0.2, 0.25) is 5.91 Å². The van der Waals surface area contributed by atoms with Crippen molar-refractivity contribution < 1.29 is 34.0 Å². The Hall–Kier alpha value is -2.04. The standard InChI is InChI=1S/C28H46N2O7/c1-19(2)15-23-27(36-6)26(33)24(31)17-37-14-8-7-11-29(12-13-30(23)25(32)18-35-5)28(34)22-10-9-20(3)21(4)16-22/h9-10,16,19,23-24,26-27,31,33H,7-8,11-15,17-18H2,1-6H3/t23-,24-,26-,27-/m0/s1. The molecule has 0 aliphatic carbocycles. The zero-order valence-corrected chi connectivity index (χ0v) is 23.3. The number of carbonyl (C=O) groups excluding carboxylic acids is 2. The van der Waals surface area contributed by atoms with Gasteiger partial charge in [-0.3, -0.25) is 9.59 Å². The lowest BCUT2D eigenvalue weighted by molar-refractivity contribution is -0.152. The molecule has 1 aromatic carbocycles. The van der Waals surface area contributed by atoms with Gasteiger partial charge >= 0.3 is 0 Å². The molecule has 37 heavy (non-hydrogen) atoms. The molecule has 2 N–H and O–H groups in total. The molecule has 1 aromatic rings. The Labute approximate surface area is 221 Å². The minimum Gasteiger partial charge on any atom is -0.388 e. The minimum absolute atomic E-state index is 0.0489. The van der Waals surface area contributed by atoms with Gasteiger partial charge in [-0.1, -0.05) is 19.9 Å². The Bertz CT molecular complexity index is 863. The average molecular weight is 523 g/mol. The number of rotatable bonds is 6. The van der Waals surface area contributed by atoms with E-state index in [0.717, 1.165) is 11.1 Å². The van der Waals surface area contributed by atoms with Gasteiger partial charge in [0.25, 0.3) is 5.91 Å². The lowest BCUT2D eigenvalue weighted by Crippen LogP contribution is -2.57. The average Bonchev–Trinajstić information content (AvgIpc) is 2.85. The number of nitrogens with zero attached hydrogens (tertiary/aromatic N) is 2.